The number of benzene rings is 4. The summed E-state index contributed by atoms with van der Waals surface area (Å²) in [5.74, 6) is 3.00. The van der Waals surface area contributed by atoms with Crippen LogP contribution < -0.4 is 18.1 Å². The van der Waals surface area contributed by atoms with E-state index in [0.717, 1.165) is 69.1 Å². The van der Waals surface area contributed by atoms with Crippen LogP contribution in [0.5, 0.6) is 23.0 Å². The SMILES string of the molecule is C=Cc1ccc(OP2Oc3ccccc3Cc3cccn32)c(-c2cc(C=C)ccc2OP2Oc3ccccc3Cc3cccn32)c1. The van der Waals surface area contributed by atoms with Gasteiger partial charge in [-0.1, -0.05) is 73.8 Å². The first-order valence-corrected chi connectivity index (χ1v) is 17.3. The topological polar surface area (TPSA) is 46.8 Å². The first-order valence-electron chi connectivity index (χ1n) is 15.0. The summed E-state index contributed by atoms with van der Waals surface area (Å²) in [5, 5.41) is 0. The minimum absolute atomic E-state index is 0.670. The number of hydrogen-bond donors (Lipinski definition) is 0. The third kappa shape index (κ3) is 5.30. The molecule has 6 nitrogen and oxygen atoms in total. The Morgan fingerprint density at radius 2 is 1.02 bits per heavy atom. The van der Waals surface area contributed by atoms with Crippen molar-refractivity contribution in [2.75, 3.05) is 0 Å². The van der Waals surface area contributed by atoms with Crippen LogP contribution in [0, 0.1) is 0 Å². The fourth-order valence-electron chi connectivity index (χ4n) is 5.76. The third-order valence-corrected chi connectivity index (χ3v) is 11.0. The van der Waals surface area contributed by atoms with Gasteiger partial charge >= 0.3 is 17.1 Å². The maximum Gasteiger partial charge on any atom is 0.421 e. The number of aromatic nitrogens is 2. The molecule has 0 saturated carbocycles. The molecular weight excluding hydrogens is 610 g/mol. The van der Waals surface area contributed by atoms with Crippen molar-refractivity contribution in [3.63, 3.8) is 0 Å². The fraction of sp³-hybridized carbons (Fsp3) is 0.0526. The Morgan fingerprint density at radius 1 is 0.565 bits per heavy atom. The smallest absolute Gasteiger partial charge is 0.421 e. The highest BCUT2D eigenvalue weighted by Gasteiger charge is 2.30. The van der Waals surface area contributed by atoms with Crippen LogP contribution in [0.25, 0.3) is 23.3 Å². The van der Waals surface area contributed by atoms with Crippen LogP contribution >= 0.6 is 17.1 Å². The minimum atomic E-state index is -1.55. The van der Waals surface area contributed by atoms with E-state index in [1.54, 1.807) is 0 Å². The molecule has 0 spiro atoms. The molecule has 226 valence electrons. The van der Waals surface area contributed by atoms with E-state index in [1.165, 1.54) is 0 Å². The van der Waals surface area contributed by atoms with Gasteiger partial charge in [0, 0.05) is 58.9 Å². The van der Waals surface area contributed by atoms with Crippen molar-refractivity contribution in [1.82, 2.24) is 8.68 Å². The fourth-order valence-corrected chi connectivity index (χ4v) is 8.60. The Hall–Kier alpha value is -5.02. The molecule has 0 bridgehead atoms. The molecule has 8 rings (SSSR count). The summed E-state index contributed by atoms with van der Waals surface area (Å²) in [4.78, 5) is 0. The zero-order valence-corrected chi connectivity index (χ0v) is 26.7. The Labute approximate surface area is 270 Å². The number of fused-ring (bicyclic) bond motifs is 4. The molecule has 46 heavy (non-hydrogen) atoms. The second-order valence-electron chi connectivity index (χ2n) is 11.0. The summed E-state index contributed by atoms with van der Waals surface area (Å²) in [5.41, 5.74) is 8.14. The maximum atomic E-state index is 6.85. The van der Waals surface area contributed by atoms with Gasteiger partial charge in [0.05, 0.1) is 0 Å². The van der Waals surface area contributed by atoms with Crippen molar-refractivity contribution in [2.45, 2.75) is 12.8 Å². The van der Waals surface area contributed by atoms with Gasteiger partial charge in [-0.05, 0) is 71.8 Å². The van der Waals surface area contributed by atoms with E-state index in [2.05, 4.69) is 58.2 Å². The van der Waals surface area contributed by atoms with Crippen molar-refractivity contribution in [1.29, 1.82) is 0 Å². The summed E-state index contributed by atoms with van der Waals surface area (Å²) in [6.07, 6.45) is 9.25. The highest BCUT2D eigenvalue weighted by atomic mass is 31.2. The van der Waals surface area contributed by atoms with Crippen LogP contribution in [0.3, 0.4) is 0 Å². The minimum Gasteiger partial charge on any atom is -0.422 e. The molecular formula is C38H30N2O4P2. The van der Waals surface area contributed by atoms with Crippen molar-refractivity contribution in [3.05, 3.63) is 168 Å². The lowest BCUT2D eigenvalue weighted by Crippen LogP contribution is -2.06. The normalized spacial score (nSPS) is 16.2. The van der Waals surface area contributed by atoms with Gasteiger partial charge in [-0.2, -0.15) is 0 Å². The average Bonchev–Trinajstić information content (AvgIpc) is 3.69. The van der Waals surface area contributed by atoms with Crippen molar-refractivity contribution >= 4 is 29.2 Å². The second-order valence-corrected chi connectivity index (χ2v) is 13.6. The molecule has 2 aliphatic heterocycles. The Kier molecular flexibility index (Phi) is 7.46. The molecule has 2 unspecified atom stereocenters. The lowest BCUT2D eigenvalue weighted by molar-refractivity contribution is 0.476. The first-order chi connectivity index (χ1) is 22.7. The first kappa shape index (κ1) is 28.5. The van der Waals surface area contributed by atoms with E-state index >= 15 is 0 Å². The predicted octanol–water partition coefficient (Wildman–Crippen LogP) is 10.5. The van der Waals surface area contributed by atoms with Crippen molar-refractivity contribution in [2.24, 2.45) is 0 Å². The lowest BCUT2D eigenvalue weighted by Gasteiger charge is -2.23. The lowest BCUT2D eigenvalue weighted by atomic mass is 9.99. The van der Waals surface area contributed by atoms with Crippen LogP contribution in [-0.2, 0) is 12.8 Å². The van der Waals surface area contributed by atoms with Gasteiger partial charge in [-0.3, -0.25) is 8.68 Å². The largest absolute Gasteiger partial charge is 0.422 e. The van der Waals surface area contributed by atoms with Crippen LogP contribution in [0.1, 0.15) is 33.6 Å². The summed E-state index contributed by atoms with van der Waals surface area (Å²) in [7, 11) is -3.11. The standard InChI is InChI=1S/C38H30N2O4P2/c1-3-27-17-19-37(43-45-39-21-9-13-31(39)25-29-11-5-7-15-35(29)41-45)33(23-27)34-24-28(4-2)18-20-38(34)44-46-40-22-10-14-32(40)26-30-12-6-8-16-36(30)42-46/h3-24H,1-2,25-26H2. The Bertz CT molecular complexity index is 1950. The van der Waals surface area contributed by atoms with Crippen molar-refractivity contribution in [3.8, 4) is 34.1 Å². The molecule has 0 saturated heterocycles. The van der Waals surface area contributed by atoms with E-state index in [4.69, 9.17) is 18.1 Å². The molecule has 8 heteroatoms. The summed E-state index contributed by atoms with van der Waals surface area (Å²) in [6.45, 7) is 8.08. The molecule has 2 atom stereocenters. The van der Waals surface area contributed by atoms with E-state index in [-0.39, 0.29) is 0 Å². The van der Waals surface area contributed by atoms with Gasteiger partial charge < -0.3 is 18.1 Å². The zero-order valence-electron chi connectivity index (χ0n) is 25.0. The van der Waals surface area contributed by atoms with Crippen molar-refractivity contribution < 1.29 is 18.1 Å². The summed E-state index contributed by atoms with van der Waals surface area (Å²) < 4.78 is 31.1. The molecule has 0 aliphatic carbocycles. The predicted molar refractivity (Wildman–Crippen MR) is 187 cm³/mol. The van der Waals surface area contributed by atoms with Gasteiger partial charge in [-0.15, -0.1) is 0 Å². The third-order valence-electron chi connectivity index (χ3n) is 8.14. The van der Waals surface area contributed by atoms with Gasteiger partial charge in [0.1, 0.15) is 23.0 Å². The molecule has 0 amide bonds. The average molecular weight is 641 g/mol. The van der Waals surface area contributed by atoms with Gasteiger partial charge in [-0.25, -0.2) is 0 Å². The van der Waals surface area contributed by atoms with Gasteiger partial charge in [0.15, 0.2) is 0 Å². The Balaban J connectivity index is 1.22. The van der Waals surface area contributed by atoms with E-state index < -0.39 is 17.1 Å². The van der Waals surface area contributed by atoms with Crippen LogP contribution in [0.15, 0.2) is 135 Å². The highest BCUT2D eigenvalue weighted by molar-refractivity contribution is 7.46. The molecule has 2 aliphatic rings. The number of hydrogen-bond acceptors (Lipinski definition) is 4. The quantitative estimate of drug-likeness (QED) is 0.163. The number of para-hydroxylation sites is 2. The molecule has 0 fully saturated rings. The molecule has 0 radical (unpaired) electrons. The number of rotatable bonds is 7. The molecule has 4 aromatic carbocycles. The van der Waals surface area contributed by atoms with Gasteiger partial charge in [0.25, 0.3) is 0 Å². The number of nitrogens with zero attached hydrogens (tertiary/aromatic N) is 2. The van der Waals surface area contributed by atoms with E-state index in [0.29, 0.717) is 11.5 Å². The summed E-state index contributed by atoms with van der Waals surface area (Å²) >= 11 is 0. The summed E-state index contributed by atoms with van der Waals surface area (Å²) in [6, 6.07) is 36.7. The van der Waals surface area contributed by atoms with Crippen LogP contribution in [0.4, 0.5) is 0 Å². The van der Waals surface area contributed by atoms with Crippen LogP contribution in [0.2, 0.25) is 0 Å². The van der Waals surface area contributed by atoms with E-state index in [1.807, 2.05) is 97.3 Å². The highest BCUT2D eigenvalue weighted by Crippen LogP contribution is 2.52. The maximum absolute atomic E-state index is 6.85. The van der Waals surface area contributed by atoms with Crippen LogP contribution in [-0.4, -0.2) is 8.68 Å². The molecule has 2 aromatic heterocycles. The second kappa shape index (κ2) is 12.1. The Morgan fingerprint density at radius 3 is 1.48 bits per heavy atom. The molecule has 6 aromatic rings. The van der Waals surface area contributed by atoms with Gasteiger partial charge in [0.2, 0.25) is 0 Å². The zero-order chi connectivity index (χ0) is 31.0. The molecule has 4 heterocycles. The molecule has 0 N–H and O–H groups in total. The van der Waals surface area contributed by atoms with E-state index in [9.17, 15) is 0 Å². The monoisotopic (exact) mass is 640 g/mol.